The van der Waals surface area contributed by atoms with Crippen LogP contribution in [0.1, 0.15) is 38.5 Å². The van der Waals surface area contributed by atoms with E-state index in [1.54, 1.807) is 6.07 Å². The summed E-state index contributed by atoms with van der Waals surface area (Å²) in [5, 5.41) is 13.9. The Morgan fingerprint density at radius 2 is 2.00 bits per heavy atom. The third-order valence-electron chi connectivity index (χ3n) is 4.52. The summed E-state index contributed by atoms with van der Waals surface area (Å²) in [5.41, 5.74) is 0.185. The van der Waals surface area contributed by atoms with Crippen molar-refractivity contribution in [3.63, 3.8) is 0 Å². The minimum absolute atomic E-state index is 0.371. The van der Waals surface area contributed by atoms with E-state index in [1.165, 1.54) is 37.8 Å². The lowest BCUT2D eigenvalue weighted by molar-refractivity contribution is -0.387. The van der Waals surface area contributed by atoms with Gasteiger partial charge in [-0.25, -0.2) is 0 Å². The molecule has 0 radical (unpaired) electrons. The second kappa shape index (κ2) is 5.38. The second-order valence-corrected chi connectivity index (χ2v) is 6.03. The number of nitrogens with zero attached hydrogens (tertiary/aromatic N) is 1. The molecular weight excluding hydrogens is 259 g/mol. The van der Waals surface area contributed by atoms with Crippen molar-refractivity contribution in [3.05, 3.63) is 34.1 Å². The highest BCUT2D eigenvalue weighted by Crippen LogP contribution is 2.44. The molecule has 5 heteroatoms. The van der Waals surface area contributed by atoms with Crippen LogP contribution in [0, 0.1) is 27.8 Å². The van der Waals surface area contributed by atoms with Gasteiger partial charge < -0.3 is 5.32 Å². The molecular formula is C15H19FN2O2. The molecule has 2 aliphatic rings. The van der Waals surface area contributed by atoms with Gasteiger partial charge in [-0.3, -0.25) is 10.1 Å². The van der Waals surface area contributed by atoms with E-state index in [4.69, 9.17) is 0 Å². The SMILES string of the molecule is O=[N+]([O-])c1ccc(NC2CCCC(C3CC3)C2)cc1F. The number of nitro benzene ring substituents is 1. The van der Waals surface area contributed by atoms with Gasteiger partial charge in [0, 0.05) is 23.9 Å². The van der Waals surface area contributed by atoms with Gasteiger partial charge in [-0.1, -0.05) is 12.8 Å². The maximum Gasteiger partial charge on any atom is 0.304 e. The summed E-state index contributed by atoms with van der Waals surface area (Å²) in [6, 6.07) is 4.44. The molecule has 0 aliphatic heterocycles. The number of rotatable bonds is 4. The van der Waals surface area contributed by atoms with Crippen LogP contribution in [0.3, 0.4) is 0 Å². The summed E-state index contributed by atoms with van der Waals surface area (Å²) >= 11 is 0. The number of halogens is 1. The molecule has 0 heterocycles. The highest BCUT2D eigenvalue weighted by molar-refractivity contribution is 5.50. The first-order valence-corrected chi connectivity index (χ1v) is 7.34. The van der Waals surface area contributed by atoms with Crippen LogP contribution in [0.25, 0.3) is 0 Å². The van der Waals surface area contributed by atoms with E-state index in [-0.39, 0.29) is 0 Å². The molecule has 1 aromatic carbocycles. The smallest absolute Gasteiger partial charge is 0.304 e. The van der Waals surface area contributed by atoms with Gasteiger partial charge in [0.05, 0.1) is 4.92 Å². The summed E-state index contributed by atoms with van der Waals surface area (Å²) < 4.78 is 13.6. The summed E-state index contributed by atoms with van der Waals surface area (Å²) in [6.45, 7) is 0. The van der Waals surface area contributed by atoms with E-state index in [9.17, 15) is 14.5 Å². The Kier molecular flexibility index (Phi) is 3.59. The molecule has 20 heavy (non-hydrogen) atoms. The van der Waals surface area contributed by atoms with E-state index in [0.717, 1.165) is 24.7 Å². The van der Waals surface area contributed by atoms with Gasteiger partial charge in [0.2, 0.25) is 5.82 Å². The number of hydrogen-bond donors (Lipinski definition) is 1. The molecule has 4 nitrogen and oxygen atoms in total. The molecule has 2 aliphatic carbocycles. The molecule has 1 aromatic rings. The first-order valence-electron chi connectivity index (χ1n) is 7.34. The molecule has 0 saturated heterocycles. The number of nitro groups is 1. The molecule has 2 saturated carbocycles. The van der Waals surface area contributed by atoms with Crippen molar-refractivity contribution in [3.8, 4) is 0 Å². The number of benzene rings is 1. The summed E-state index contributed by atoms with van der Waals surface area (Å²) in [6.07, 6.45) is 7.50. The molecule has 108 valence electrons. The van der Waals surface area contributed by atoms with Crippen molar-refractivity contribution in [1.82, 2.24) is 0 Å². The van der Waals surface area contributed by atoms with Gasteiger partial charge in [-0.15, -0.1) is 0 Å². The topological polar surface area (TPSA) is 55.2 Å². The Labute approximate surface area is 117 Å². The molecule has 0 amide bonds. The molecule has 0 spiro atoms. The standard InChI is InChI=1S/C15H19FN2O2/c16-14-9-13(6-7-15(14)18(19)20)17-12-3-1-2-11(8-12)10-4-5-10/h6-7,9-12,17H,1-5,8H2. The largest absolute Gasteiger partial charge is 0.382 e. The van der Waals surface area contributed by atoms with Gasteiger partial charge >= 0.3 is 5.69 Å². The average molecular weight is 278 g/mol. The van der Waals surface area contributed by atoms with Crippen LogP contribution in [-0.4, -0.2) is 11.0 Å². The zero-order chi connectivity index (χ0) is 14.1. The fraction of sp³-hybridized carbons (Fsp3) is 0.600. The second-order valence-electron chi connectivity index (χ2n) is 6.03. The Balaban J connectivity index is 1.64. The minimum atomic E-state index is -0.769. The van der Waals surface area contributed by atoms with Crippen molar-refractivity contribution in [1.29, 1.82) is 0 Å². The average Bonchev–Trinajstić information content (AvgIpc) is 3.23. The van der Waals surface area contributed by atoms with Crippen molar-refractivity contribution in [2.75, 3.05) is 5.32 Å². The van der Waals surface area contributed by atoms with Crippen molar-refractivity contribution in [2.24, 2.45) is 11.8 Å². The summed E-state index contributed by atoms with van der Waals surface area (Å²) in [7, 11) is 0. The Bertz CT molecular complexity index is 517. The number of hydrogen-bond acceptors (Lipinski definition) is 3. The van der Waals surface area contributed by atoms with Crippen LogP contribution in [0.2, 0.25) is 0 Å². The highest BCUT2D eigenvalue weighted by Gasteiger charge is 2.34. The van der Waals surface area contributed by atoms with Crippen molar-refractivity contribution in [2.45, 2.75) is 44.6 Å². The van der Waals surface area contributed by atoms with Crippen LogP contribution in [-0.2, 0) is 0 Å². The molecule has 1 N–H and O–H groups in total. The van der Waals surface area contributed by atoms with Crippen LogP contribution >= 0.6 is 0 Å². The Hall–Kier alpha value is -1.65. The van der Waals surface area contributed by atoms with Gasteiger partial charge in [0.25, 0.3) is 0 Å². The van der Waals surface area contributed by atoms with E-state index in [0.29, 0.717) is 11.7 Å². The maximum atomic E-state index is 13.6. The first-order chi connectivity index (χ1) is 9.63. The van der Waals surface area contributed by atoms with Crippen molar-refractivity contribution < 1.29 is 9.31 Å². The lowest BCUT2D eigenvalue weighted by Crippen LogP contribution is -2.28. The normalized spacial score (nSPS) is 26.2. The van der Waals surface area contributed by atoms with E-state index in [2.05, 4.69) is 5.32 Å². The van der Waals surface area contributed by atoms with Crippen LogP contribution in [0.5, 0.6) is 0 Å². The fourth-order valence-corrected chi connectivity index (χ4v) is 3.33. The first kappa shape index (κ1) is 13.3. The lowest BCUT2D eigenvalue weighted by Gasteiger charge is -2.30. The zero-order valence-corrected chi connectivity index (χ0v) is 11.3. The molecule has 0 aromatic heterocycles. The third kappa shape index (κ3) is 2.92. The van der Waals surface area contributed by atoms with E-state index >= 15 is 0 Å². The molecule has 3 rings (SSSR count). The monoisotopic (exact) mass is 278 g/mol. The van der Waals surface area contributed by atoms with Crippen molar-refractivity contribution >= 4 is 11.4 Å². The van der Waals surface area contributed by atoms with Crippen LogP contribution in [0.15, 0.2) is 18.2 Å². The predicted octanol–water partition coefficient (Wildman–Crippen LogP) is 4.11. The third-order valence-corrected chi connectivity index (χ3v) is 4.52. The number of anilines is 1. The van der Waals surface area contributed by atoms with Gasteiger partial charge in [0.1, 0.15) is 0 Å². The minimum Gasteiger partial charge on any atom is -0.382 e. The van der Waals surface area contributed by atoms with E-state index < -0.39 is 16.4 Å². The highest BCUT2D eigenvalue weighted by atomic mass is 19.1. The quantitative estimate of drug-likeness (QED) is 0.666. The van der Waals surface area contributed by atoms with Gasteiger partial charge in [-0.05, 0) is 43.6 Å². The molecule has 2 fully saturated rings. The van der Waals surface area contributed by atoms with Crippen LogP contribution < -0.4 is 5.32 Å². The van der Waals surface area contributed by atoms with Gasteiger partial charge in [-0.2, -0.15) is 4.39 Å². The Morgan fingerprint density at radius 3 is 2.65 bits per heavy atom. The Morgan fingerprint density at radius 1 is 1.20 bits per heavy atom. The zero-order valence-electron chi connectivity index (χ0n) is 11.3. The maximum absolute atomic E-state index is 13.6. The van der Waals surface area contributed by atoms with Gasteiger partial charge in [0.15, 0.2) is 0 Å². The summed E-state index contributed by atoms with van der Waals surface area (Å²) in [5.74, 6) is 0.951. The summed E-state index contributed by atoms with van der Waals surface area (Å²) in [4.78, 5) is 9.90. The number of nitrogens with one attached hydrogen (secondary N) is 1. The molecule has 2 atom stereocenters. The fourth-order valence-electron chi connectivity index (χ4n) is 3.33. The molecule has 2 unspecified atom stereocenters. The van der Waals surface area contributed by atoms with Crippen LogP contribution in [0.4, 0.5) is 15.8 Å². The van der Waals surface area contributed by atoms with E-state index in [1.807, 2.05) is 0 Å². The lowest BCUT2D eigenvalue weighted by atomic mass is 9.82. The molecule has 0 bridgehead atoms. The predicted molar refractivity (Wildman–Crippen MR) is 75.1 cm³/mol.